The van der Waals surface area contributed by atoms with Gasteiger partial charge in [-0.2, -0.15) is 0 Å². The van der Waals surface area contributed by atoms with Gasteiger partial charge in [0, 0.05) is 28.7 Å². The Kier molecular flexibility index (Phi) is 4.03. The highest BCUT2D eigenvalue weighted by molar-refractivity contribution is 7.99. The van der Waals surface area contributed by atoms with Crippen molar-refractivity contribution in [2.75, 3.05) is 12.4 Å². The van der Waals surface area contributed by atoms with Crippen molar-refractivity contribution in [3.63, 3.8) is 0 Å². The van der Waals surface area contributed by atoms with E-state index in [0.29, 0.717) is 18.3 Å². The number of nitro benzene ring substituents is 1. The van der Waals surface area contributed by atoms with Gasteiger partial charge in [0.1, 0.15) is 10.8 Å². The maximum Gasteiger partial charge on any atom is 0.288 e. The largest absolute Gasteiger partial charge is 0.493 e. The minimum atomic E-state index is -0.504. The van der Waals surface area contributed by atoms with Gasteiger partial charge in [-0.3, -0.25) is 10.1 Å². The summed E-state index contributed by atoms with van der Waals surface area (Å²) in [5.74, 6) is 1.88. The molecule has 1 aliphatic rings. The minimum absolute atomic E-state index is 0.0960. The molecule has 0 fully saturated rings. The van der Waals surface area contributed by atoms with Crippen LogP contribution in [0, 0.1) is 10.1 Å². The van der Waals surface area contributed by atoms with Gasteiger partial charge >= 0.3 is 0 Å². The van der Waals surface area contributed by atoms with Gasteiger partial charge in [-0.1, -0.05) is 29.8 Å². The van der Waals surface area contributed by atoms with Gasteiger partial charge in [-0.05, 0) is 17.7 Å². The number of thioether (sulfide) groups is 1. The second kappa shape index (κ2) is 5.95. The summed E-state index contributed by atoms with van der Waals surface area (Å²) < 4.78 is 5.74. The van der Waals surface area contributed by atoms with Crippen LogP contribution in [0.15, 0.2) is 47.4 Å². The lowest BCUT2D eigenvalue weighted by Crippen LogP contribution is -2.09. The summed E-state index contributed by atoms with van der Waals surface area (Å²) >= 11 is 7.70. The molecule has 1 atom stereocenters. The van der Waals surface area contributed by atoms with E-state index < -0.39 is 4.92 Å². The number of benzene rings is 2. The summed E-state index contributed by atoms with van der Waals surface area (Å²) in [7, 11) is 0. The summed E-state index contributed by atoms with van der Waals surface area (Å²) in [6.07, 6.45) is 0. The molecule has 1 aliphatic heterocycles. The smallest absolute Gasteiger partial charge is 0.288 e. The molecule has 1 unspecified atom stereocenters. The molecule has 0 bridgehead atoms. The highest BCUT2D eigenvalue weighted by Gasteiger charge is 2.23. The van der Waals surface area contributed by atoms with E-state index in [2.05, 4.69) is 12.1 Å². The Morgan fingerprint density at radius 2 is 2.14 bits per heavy atom. The number of halogens is 1. The van der Waals surface area contributed by atoms with E-state index in [0.717, 1.165) is 5.75 Å². The second-order valence-electron chi connectivity index (χ2n) is 4.73. The van der Waals surface area contributed by atoms with Crippen LogP contribution in [0.3, 0.4) is 0 Å². The number of hydrogen-bond acceptors (Lipinski definition) is 4. The first kappa shape index (κ1) is 14.2. The Bertz CT molecular complexity index is 692. The fourth-order valence-corrected chi connectivity index (χ4v) is 3.76. The Hall–Kier alpha value is -1.72. The third kappa shape index (κ3) is 2.99. The van der Waals surface area contributed by atoms with E-state index in [4.69, 9.17) is 16.3 Å². The van der Waals surface area contributed by atoms with Crippen LogP contribution < -0.4 is 4.74 Å². The standard InChI is InChI=1S/C15H12ClNO3S/c16-13-7-11(5-6-14(13)17(18)19)20-8-10-9-21-15-4-2-1-3-12(10)15/h1-7,10H,8-9H2. The van der Waals surface area contributed by atoms with E-state index in [1.807, 2.05) is 23.9 Å². The first-order valence-corrected chi connectivity index (χ1v) is 7.80. The topological polar surface area (TPSA) is 52.4 Å². The fourth-order valence-electron chi connectivity index (χ4n) is 2.29. The molecular weight excluding hydrogens is 310 g/mol. The van der Waals surface area contributed by atoms with Gasteiger partial charge < -0.3 is 4.74 Å². The predicted molar refractivity (Wildman–Crippen MR) is 83.5 cm³/mol. The second-order valence-corrected chi connectivity index (χ2v) is 6.20. The Morgan fingerprint density at radius 1 is 1.33 bits per heavy atom. The predicted octanol–water partition coefficient (Wildman–Crippen LogP) is 4.52. The van der Waals surface area contributed by atoms with E-state index >= 15 is 0 Å². The maximum absolute atomic E-state index is 10.7. The molecule has 0 spiro atoms. The van der Waals surface area contributed by atoms with Crippen LogP contribution >= 0.6 is 23.4 Å². The normalized spacial score (nSPS) is 16.5. The first-order chi connectivity index (χ1) is 10.1. The Morgan fingerprint density at radius 3 is 2.90 bits per heavy atom. The van der Waals surface area contributed by atoms with Gasteiger partial charge in [0.15, 0.2) is 0 Å². The summed E-state index contributed by atoms with van der Waals surface area (Å²) in [5.41, 5.74) is 1.20. The van der Waals surface area contributed by atoms with E-state index in [1.54, 1.807) is 6.07 Å². The van der Waals surface area contributed by atoms with Gasteiger partial charge in [-0.15, -0.1) is 11.8 Å². The number of nitro groups is 1. The molecule has 4 nitrogen and oxygen atoms in total. The van der Waals surface area contributed by atoms with Gasteiger partial charge in [-0.25, -0.2) is 0 Å². The molecule has 0 aromatic heterocycles. The van der Waals surface area contributed by atoms with E-state index in [-0.39, 0.29) is 10.7 Å². The molecule has 0 radical (unpaired) electrons. The van der Waals surface area contributed by atoms with Crippen LogP contribution in [-0.4, -0.2) is 17.3 Å². The lowest BCUT2D eigenvalue weighted by atomic mass is 10.0. The first-order valence-electron chi connectivity index (χ1n) is 6.43. The minimum Gasteiger partial charge on any atom is -0.493 e. The summed E-state index contributed by atoms with van der Waals surface area (Å²) in [6.45, 7) is 0.540. The zero-order valence-electron chi connectivity index (χ0n) is 11.0. The van der Waals surface area contributed by atoms with Crippen molar-refractivity contribution in [3.05, 3.63) is 63.2 Å². The zero-order chi connectivity index (χ0) is 14.8. The van der Waals surface area contributed by atoms with Crippen LogP contribution in [0.2, 0.25) is 5.02 Å². The van der Waals surface area contributed by atoms with Crippen molar-refractivity contribution < 1.29 is 9.66 Å². The van der Waals surface area contributed by atoms with Gasteiger partial charge in [0.2, 0.25) is 0 Å². The molecule has 0 saturated heterocycles. The monoisotopic (exact) mass is 321 g/mol. The highest BCUT2D eigenvalue weighted by atomic mass is 35.5. The average Bonchev–Trinajstić information content (AvgIpc) is 2.88. The van der Waals surface area contributed by atoms with E-state index in [1.165, 1.54) is 22.6 Å². The summed E-state index contributed by atoms with van der Waals surface area (Å²) in [5, 5.41) is 10.8. The third-order valence-electron chi connectivity index (χ3n) is 3.37. The van der Waals surface area contributed by atoms with Crippen LogP contribution in [0.5, 0.6) is 5.75 Å². The Labute approximate surface area is 131 Å². The number of rotatable bonds is 4. The van der Waals surface area contributed by atoms with Crippen molar-refractivity contribution in [1.29, 1.82) is 0 Å². The molecular formula is C15H12ClNO3S. The summed E-state index contributed by atoms with van der Waals surface area (Å²) in [4.78, 5) is 11.5. The molecule has 0 amide bonds. The zero-order valence-corrected chi connectivity index (χ0v) is 12.6. The third-order valence-corrected chi connectivity index (χ3v) is 4.92. The van der Waals surface area contributed by atoms with Crippen molar-refractivity contribution in [1.82, 2.24) is 0 Å². The number of ether oxygens (including phenoxy) is 1. The van der Waals surface area contributed by atoms with Crippen molar-refractivity contribution in [2.24, 2.45) is 0 Å². The van der Waals surface area contributed by atoms with Crippen molar-refractivity contribution in [3.8, 4) is 5.75 Å². The number of fused-ring (bicyclic) bond motifs is 1. The molecule has 2 aromatic carbocycles. The molecule has 1 heterocycles. The molecule has 0 N–H and O–H groups in total. The van der Waals surface area contributed by atoms with Crippen molar-refractivity contribution >= 4 is 29.1 Å². The SMILES string of the molecule is O=[N+]([O-])c1ccc(OCC2CSc3ccccc32)cc1Cl. The quantitative estimate of drug-likeness (QED) is 0.614. The molecule has 0 aliphatic carbocycles. The Balaban J connectivity index is 1.69. The molecule has 6 heteroatoms. The molecule has 21 heavy (non-hydrogen) atoms. The van der Waals surface area contributed by atoms with Crippen LogP contribution in [-0.2, 0) is 0 Å². The highest BCUT2D eigenvalue weighted by Crippen LogP contribution is 2.39. The van der Waals surface area contributed by atoms with E-state index in [9.17, 15) is 10.1 Å². The maximum atomic E-state index is 10.7. The van der Waals surface area contributed by atoms with Gasteiger partial charge in [0.05, 0.1) is 11.5 Å². The lowest BCUT2D eigenvalue weighted by molar-refractivity contribution is -0.384. The number of nitrogens with zero attached hydrogens (tertiary/aromatic N) is 1. The van der Waals surface area contributed by atoms with Gasteiger partial charge in [0.25, 0.3) is 5.69 Å². The summed E-state index contributed by atoms with van der Waals surface area (Å²) in [6, 6.07) is 12.7. The lowest BCUT2D eigenvalue weighted by Gasteiger charge is -2.12. The molecule has 0 saturated carbocycles. The average molecular weight is 322 g/mol. The van der Waals surface area contributed by atoms with Crippen LogP contribution in [0.25, 0.3) is 0 Å². The van der Waals surface area contributed by atoms with Crippen molar-refractivity contribution in [2.45, 2.75) is 10.8 Å². The fraction of sp³-hybridized carbons (Fsp3) is 0.200. The number of hydrogen-bond donors (Lipinski definition) is 0. The molecule has 2 aromatic rings. The van der Waals surface area contributed by atoms with Crippen LogP contribution in [0.1, 0.15) is 11.5 Å². The molecule has 108 valence electrons. The molecule has 3 rings (SSSR count). The van der Waals surface area contributed by atoms with Crippen LogP contribution in [0.4, 0.5) is 5.69 Å².